The van der Waals surface area contributed by atoms with Gasteiger partial charge in [-0.2, -0.15) is 5.10 Å². The Morgan fingerprint density at radius 2 is 2.50 bits per heavy atom. The van der Waals surface area contributed by atoms with Crippen LogP contribution in [0.25, 0.3) is 0 Å². The van der Waals surface area contributed by atoms with Gasteiger partial charge in [-0.15, -0.1) is 0 Å². The second kappa shape index (κ2) is 3.21. The Morgan fingerprint density at radius 1 is 1.71 bits per heavy atom. The van der Waals surface area contributed by atoms with Gasteiger partial charge < -0.3 is 15.4 Å². The van der Waals surface area contributed by atoms with Crippen LogP contribution < -0.4 is 5.73 Å². The van der Waals surface area contributed by atoms with Crippen molar-refractivity contribution in [2.24, 2.45) is 7.05 Å². The number of cyclic esters (lactones) is 1. The summed E-state index contributed by atoms with van der Waals surface area (Å²) in [5, 5.41) is 4.00. The van der Waals surface area contributed by atoms with Crippen molar-refractivity contribution in [1.29, 1.82) is 0 Å². The van der Waals surface area contributed by atoms with Crippen LogP contribution in [0.5, 0.6) is 0 Å². The summed E-state index contributed by atoms with van der Waals surface area (Å²) >= 11 is 0. The smallest absolute Gasteiger partial charge is 0.410 e. The number of nitrogen functional groups attached to an aromatic ring is 1. The van der Waals surface area contributed by atoms with E-state index in [1.807, 2.05) is 0 Å². The standard InChI is InChI=1S/C8H12N4O2/c1-11-7(9)6(4-10-11)5-12-2-3-14-8(12)13/h4H,2-3,5,9H2,1H3. The van der Waals surface area contributed by atoms with Crippen LogP contribution in [0.1, 0.15) is 5.56 Å². The zero-order chi connectivity index (χ0) is 10.1. The Balaban J connectivity index is 2.10. The summed E-state index contributed by atoms with van der Waals surface area (Å²) < 4.78 is 6.38. The molecule has 0 radical (unpaired) electrons. The molecule has 0 bridgehead atoms. The first-order chi connectivity index (χ1) is 6.68. The first-order valence-corrected chi connectivity index (χ1v) is 4.36. The molecule has 0 aliphatic carbocycles. The molecule has 2 rings (SSSR count). The molecular weight excluding hydrogens is 184 g/mol. The summed E-state index contributed by atoms with van der Waals surface area (Å²) in [5.41, 5.74) is 6.60. The van der Waals surface area contributed by atoms with Crippen LogP contribution in [0.15, 0.2) is 6.20 Å². The topological polar surface area (TPSA) is 73.4 Å². The fraction of sp³-hybridized carbons (Fsp3) is 0.500. The minimum absolute atomic E-state index is 0.284. The normalized spacial score (nSPS) is 16.1. The monoisotopic (exact) mass is 196 g/mol. The van der Waals surface area contributed by atoms with Gasteiger partial charge in [0.05, 0.1) is 19.3 Å². The van der Waals surface area contributed by atoms with E-state index in [1.165, 1.54) is 0 Å². The van der Waals surface area contributed by atoms with Gasteiger partial charge in [0.15, 0.2) is 0 Å². The average molecular weight is 196 g/mol. The zero-order valence-electron chi connectivity index (χ0n) is 7.93. The van der Waals surface area contributed by atoms with Crippen LogP contribution in [-0.4, -0.2) is 33.9 Å². The highest BCUT2D eigenvalue weighted by molar-refractivity contribution is 5.69. The van der Waals surface area contributed by atoms with Crippen molar-refractivity contribution in [2.45, 2.75) is 6.54 Å². The molecular formula is C8H12N4O2. The molecule has 0 aromatic carbocycles. The molecule has 0 atom stereocenters. The number of hydrogen-bond acceptors (Lipinski definition) is 4. The number of aromatic nitrogens is 2. The third-order valence-electron chi connectivity index (χ3n) is 2.27. The molecule has 1 aliphatic rings. The number of nitrogens with two attached hydrogens (primary N) is 1. The quantitative estimate of drug-likeness (QED) is 0.720. The number of rotatable bonds is 2. The van der Waals surface area contributed by atoms with Crippen molar-refractivity contribution >= 4 is 11.9 Å². The molecule has 0 spiro atoms. The minimum atomic E-state index is -0.284. The lowest BCUT2D eigenvalue weighted by molar-refractivity contribution is 0.157. The Labute approximate surface area is 81.2 Å². The molecule has 1 fully saturated rings. The van der Waals surface area contributed by atoms with E-state index in [1.54, 1.807) is 22.8 Å². The molecule has 1 amide bonds. The molecule has 6 heteroatoms. The van der Waals surface area contributed by atoms with Gasteiger partial charge in [0.2, 0.25) is 0 Å². The van der Waals surface area contributed by atoms with E-state index in [0.29, 0.717) is 25.5 Å². The van der Waals surface area contributed by atoms with Crippen molar-refractivity contribution in [2.75, 3.05) is 18.9 Å². The van der Waals surface area contributed by atoms with Gasteiger partial charge in [-0.25, -0.2) is 4.79 Å². The van der Waals surface area contributed by atoms with Gasteiger partial charge in [-0.3, -0.25) is 4.68 Å². The van der Waals surface area contributed by atoms with E-state index < -0.39 is 0 Å². The van der Waals surface area contributed by atoms with Crippen molar-refractivity contribution in [1.82, 2.24) is 14.7 Å². The predicted octanol–water partition coefficient (Wildman–Crippen LogP) is -0.0455. The number of carbonyl (C=O) groups excluding carboxylic acids is 1. The number of hydrogen-bond donors (Lipinski definition) is 1. The minimum Gasteiger partial charge on any atom is -0.448 e. The van der Waals surface area contributed by atoms with Gasteiger partial charge in [-0.1, -0.05) is 0 Å². The lowest BCUT2D eigenvalue weighted by Gasteiger charge is -2.11. The van der Waals surface area contributed by atoms with Crippen LogP contribution in [-0.2, 0) is 18.3 Å². The molecule has 1 saturated heterocycles. The summed E-state index contributed by atoms with van der Waals surface area (Å²) in [4.78, 5) is 12.7. The van der Waals surface area contributed by atoms with Gasteiger partial charge in [0.1, 0.15) is 12.4 Å². The first-order valence-electron chi connectivity index (χ1n) is 4.36. The van der Waals surface area contributed by atoms with Crippen molar-refractivity contribution < 1.29 is 9.53 Å². The third-order valence-corrected chi connectivity index (χ3v) is 2.27. The Bertz CT molecular complexity index is 360. The molecule has 1 aliphatic heterocycles. The van der Waals surface area contributed by atoms with Gasteiger partial charge in [0, 0.05) is 12.6 Å². The number of carbonyl (C=O) groups is 1. The van der Waals surface area contributed by atoms with Crippen molar-refractivity contribution in [3.63, 3.8) is 0 Å². The van der Waals surface area contributed by atoms with Crippen LogP contribution in [0, 0.1) is 0 Å². The predicted molar refractivity (Wildman–Crippen MR) is 49.4 cm³/mol. The second-order valence-electron chi connectivity index (χ2n) is 3.21. The Hall–Kier alpha value is -1.72. The average Bonchev–Trinajstić information content (AvgIpc) is 2.68. The number of nitrogens with zero attached hydrogens (tertiary/aromatic N) is 3. The fourth-order valence-electron chi connectivity index (χ4n) is 1.39. The molecule has 1 aromatic heterocycles. The fourth-order valence-corrected chi connectivity index (χ4v) is 1.39. The number of anilines is 1. The summed E-state index contributed by atoms with van der Waals surface area (Å²) in [5.74, 6) is 0.588. The maximum absolute atomic E-state index is 11.1. The van der Waals surface area contributed by atoms with E-state index in [4.69, 9.17) is 10.5 Å². The van der Waals surface area contributed by atoms with Crippen LogP contribution in [0.3, 0.4) is 0 Å². The first kappa shape index (κ1) is 8.86. The molecule has 14 heavy (non-hydrogen) atoms. The lowest BCUT2D eigenvalue weighted by atomic mass is 10.3. The molecule has 0 saturated carbocycles. The van der Waals surface area contributed by atoms with E-state index in [9.17, 15) is 4.79 Å². The summed E-state index contributed by atoms with van der Waals surface area (Å²) in [6.07, 6.45) is 1.38. The van der Waals surface area contributed by atoms with Crippen LogP contribution >= 0.6 is 0 Å². The molecule has 6 nitrogen and oxygen atoms in total. The van der Waals surface area contributed by atoms with Crippen molar-refractivity contribution in [3.8, 4) is 0 Å². The molecule has 0 unspecified atom stereocenters. The van der Waals surface area contributed by atoms with Crippen molar-refractivity contribution in [3.05, 3.63) is 11.8 Å². The largest absolute Gasteiger partial charge is 0.448 e. The van der Waals surface area contributed by atoms with Gasteiger partial charge >= 0.3 is 6.09 Å². The Morgan fingerprint density at radius 3 is 3.00 bits per heavy atom. The summed E-state index contributed by atoms with van der Waals surface area (Å²) in [7, 11) is 1.77. The highest BCUT2D eigenvalue weighted by Gasteiger charge is 2.23. The molecule has 2 N–H and O–H groups in total. The van der Waals surface area contributed by atoms with E-state index in [2.05, 4.69) is 5.10 Å². The SMILES string of the molecule is Cn1ncc(CN2CCOC2=O)c1N. The van der Waals surface area contributed by atoms with E-state index in [0.717, 1.165) is 5.56 Å². The number of amides is 1. The second-order valence-corrected chi connectivity index (χ2v) is 3.21. The van der Waals surface area contributed by atoms with Crippen LogP contribution in [0.2, 0.25) is 0 Å². The van der Waals surface area contributed by atoms with E-state index >= 15 is 0 Å². The third kappa shape index (κ3) is 1.39. The summed E-state index contributed by atoms with van der Waals surface area (Å²) in [6.45, 7) is 1.55. The molecule has 76 valence electrons. The highest BCUT2D eigenvalue weighted by atomic mass is 16.6. The maximum atomic E-state index is 11.1. The Kier molecular flexibility index (Phi) is 2.03. The lowest BCUT2D eigenvalue weighted by Crippen LogP contribution is -2.23. The number of ether oxygens (including phenoxy) is 1. The maximum Gasteiger partial charge on any atom is 0.410 e. The molecule has 2 heterocycles. The molecule has 1 aromatic rings. The zero-order valence-corrected chi connectivity index (χ0v) is 7.93. The van der Waals surface area contributed by atoms with Crippen LogP contribution in [0.4, 0.5) is 10.6 Å². The van der Waals surface area contributed by atoms with E-state index in [-0.39, 0.29) is 6.09 Å². The summed E-state index contributed by atoms with van der Waals surface area (Å²) in [6, 6.07) is 0. The van der Waals surface area contributed by atoms with Gasteiger partial charge in [-0.05, 0) is 0 Å². The number of aryl methyl sites for hydroxylation is 1. The highest BCUT2D eigenvalue weighted by Crippen LogP contribution is 2.15. The van der Waals surface area contributed by atoms with Gasteiger partial charge in [0.25, 0.3) is 0 Å².